The van der Waals surface area contributed by atoms with E-state index in [1.807, 2.05) is 36.4 Å². The molecule has 0 radical (unpaired) electrons. The lowest BCUT2D eigenvalue weighted by Crippen LogP contribution is -2.22. The van der Waals surface area contributed by atoms with E-state index in [4.69, 9.17) is 9.15 Å². The van der Waals surface area contributed by atoms with Gasteiger partial charge in [0.1, 0.15) is 11.5 Å². The van der Waals surface area contributed by atoms with Crippen molar-refractivity contribution in [1.82, 2.24) is 5.32 Å². The molecule has 0 saturated carbocycles. The molecular formula is C15H17NO3. The van der Waals surface area contributed by atoms with Crippen molar-refractivity contribution in [3.05, 3.63) is 54.5 Å². The average molecular weight is 259 g/mol. The molecule has 0 aliphatic heterocycles. The number of hydrogen-bond donors (Lipinski definition) is 1. The molecule has 1 aromatic heterocycles. The van der Waals surface area contributed by atoms with Crippen molar-refractivity contribution in [2.75, 3.05) is 6.61 Å². The first-order valence-corrected chi connectivity index (χ1v) is 6.31. The molecule has 0 atom stereocenters. The molecule has 1 N–H and O–H groups in total. The maximum absolute atomic E-state index is 11.5. The highest BCUT2D eigenvalue weighted by atomic mass is 16.5. The molecule has 2 aromatic rings. The van der Waals surface area contributed by atoms with Gasteiger partial charge in [-0.1, -0.05) is 18.2 Å². The Labute approximate surface area is 112 Å². The average Bonchev–Trinajstić information content (AvgIpc) is 2.96. The van der Waals surface area contributed by atoms with Crippen LogP contribution in [0.1, 0.15) is 18.6 Å². The molecule has 19 heavy (non-hydrogen) atoms. The summed E-state index contributed by atoms with van der Waals surface area (Å²) < 4.78 is 10.6. The van der Waals surface area contributed by atoms with Gasteiger partial charge in [-0.05, 0) is 30.7 Å². The molecular weight excluding hydrogens is 242 g/mol. The van der Waals surface area contributed by atoms with Gasteiger partial charge in [0.2, 0.25) is 5.91 Å². The van der Waals surface area contributed by atoms with Crippen LogP contribution in [0, 0.1) is 0 Å². The van der Waals surface area contributed by atoms with E-state index in [1.54, 1.807) is 12.3 Å². The minimum Gasteiger partial charge on any atom is -0.494 e. The first kappa shape index (κ1) is 13.2. The van der Waals surface area contributed by atoms with Gasteiger partial charge in [-0.3, -0.25) is 4.79 Å². The molecule has 100 valence electrons. The van der Waals surface area contributed by atoms with Gasteiger partial charge in [-0.25, -0.2) is 0 Å². The third kappa shape index (κ3) is 4.87. The smallest absolute Gasteiger partial charge is 0.220 e. The summed E-state index contributed by atoms with van der Waals surface area (Å²) in [6.45, 7) is 0.976. The van der Waals surface area contributed by atoms with Crippen LogP contribution >= 0.6 is 0 Å². The highest BCUT2D eigenvalue weighted by Crippen LogP contribution is 2.08. The normalized spacial score (nSPS) is 10.1. The molecule has 4 heteroatoms. The summed E-state index contributed by atoms with van der Waals surface area (Å²) in [4.78, 5) is 11.5. The Morgan fingerprint density at radius 3 is 2.74 bits per heavy atom. The van der Waals surface area contributed by atoms with E-state index in [0.717, 1.165) is 11.5 Å². The highest BCUT2D eigenvalue weighted by molar-refractivity contribution is 5.75. The Hall–Kier alpha value is -2.23. The van der Waals surface area contributed by atoms with Crippen LogP contribution in [0.2, 0.25) is 0 Å². The topological polar surface area (TPSA) is 51.5 Å². The fourth-order valence-electron chi connectivity index (χ4n) is 1.63. The van der Waals surface area contributed by atoms with Crippen molar-refractivity contribution in [3.63, 3.8) is 0 Å². The Kier molecular flexibility index (Phi) is 5.05. The predicted molar refractivity (Wildman–Crippen MR) is 71.7 cm³/mol. The number of hydrogen-bond acceptors (Lipinski definition) is 3. The zero-order valence-corrected chi connectivity index (χ0v) is 10.7. The second-order valence-corrected chi connectivity index (χ2v) is 4.12. The monoisotopic (exact) mass is 259 g/mol. The molecule has 0 bridgehead atoms. The first-order chi connectivity index (χ1) is 9.34. The van der Waals surface area contributed by atoms with Gasteiger partial charge in [0.05, 0.1) is 19.4 Å². The molecule has 0 unspecified atom stereocenters. The summed E-state index contributed by atoms with van der Waals surface area (Å²) in [5.74, 6) is 1.60. The van der Waals surface area contributed by atoms with Gasteiger partial charge >= 0.3 is 0 Å². The quantitative estimate of drug-likeness (QED) is 0.778. The largest absolute Gasteiger partial charge is 0.494 e. The van der Waals surface area contributed by atoms with Crippen LogP contribution in [0.3, 0.4) is 0 Å². The van der Waals surface area contributed by atoms with Crippen LogP contribution in [0.15, 0.2) is 53.1 Å². The Balaban J connectivity index is 1.57. The highest BCUT2D eigenvalue weighted by Gasteiger charge is 2.02. The number of amides is 1. The number of rotatable bonds is 7. The van der Waals surface area contributed by atoms with E-state index in [0.29, 0.717) is 26.0 Å². The van der Waals surface area contributed by atoms with Crippen molar-refractivity contribution < 1.29 is 13.9 Å². The Morgan fingerprint density at radius 1 is 1.16 bits per heavy atom. The van der Waals surface area contributed by atoms with Crippen LogP contribution in [0.5, 0.6) is 5.75 Å². The SMILES string of the molecule is O=C(CCCOc1ccccc1)NCc1ccco1. The van der Waals surface area contributed by atoms with Crippen molar-refractivity contribution in [3.8, 4) is 5.75 Å². The van der Waals surface area contributed by atoms with Gasteiger partial charge in [-0.15, -0.1) is 0 Å². The number of carbonyl (C=O) groups excluding carboxylic acids is 1. The molecule has 0 spiro atoms. The zero-order chi connectivity index (χ0) is 13.3. The maximum atomic E-state index is 11.5. The van der Waals surface area contributed by atoms with Crippen LogP contribution in [0.4, 0.5) is 0 Å². The van der Waals surface area contributed by atoms with Crippen LogP contribution in [0.25, 0.3) is 0 Å². The molecule has 2 rings (SSSR count). The van der Waals surface area contributed by atoms with Crippen LogP contribution < -0.4 is 10.1 Å². The van der Waals surface area contributed by atoms with Gasteiger partial charge in [0.25, 0.3) is 0 Å². The number of ether oxygens (including phenoxy) is 1. The van der Waals surface area contributed by atoms with Crippen molar-refractivity contribution in [1.29, 1.82) is 0 Å². The van der Waals surface area contributed by atoms with E-state index in [-0.39, 0.29) is 5.91 Å². The minimum atomic E-state index is 0.00746. The third-order valence-corrected chi connectivity index (χ3v) is 2.60. The van der Waals surface area contributed by atoms with Gasteiger partial charge < -0.3 is 14.5 Å². The number of furan rings is 1. The summed E-state index contributed by atoms with van der Waals surface area (Å²) in [5.41, 5.74) is 0. The van der Waals surface area contributed by atoms with Gasteiger partial charge in [-0.2, -0.15) is 0 Å². The number of nitrogens with one attached hydrogen (secondary N) is 1. The fourth-order valence-corrected chi connectivity index (χ4v) is 1.63. The lowest BCUT2D eigenvalue weighted by atomic mass is 10.3. The first-order valence-electron chi connectivity index (χ1n) is 6.31. The molecule has 4 nitrogen and oxygen atoms in total. The van der Waals surface area contributed by atoms with Crippen molar-refractivity contribution in [2.45, 2.75) is 19.4 Å². The second kappa shape index (κ2) is 7.26. The molecule has 1 heterocycles. The number of para-hydroxylation sites is 1. The summed E-state index contributed by atoms with van der Waals surface area (Å²) in [5, 5.41) is 2.80. The van der Waals surface area contributed by atoms with E-state index >= 15 is 0 Å². The molecule has 0 saturated heterocycles. The summed E-state index contributed by atoms with van der Waals surface area (Å²) in [7, 11) is 0. The molecule has 0 aliphatic rings. The van der Waals surface area contributed by atoms with E-state index < -0.39 is 0 Å². The third-order valence-electron chi connectivity index (χ3n) is 2.60. The Morgan fingerprint density at radius 2 is 2.00 bits per heavy atom. The minimum absolute atomic E-state index is 0.00746. The van der Waals surface area contributed by atoms with Crippen molar-refractivity contribution >= 4 is 5.91 Å². The van der Waals surface area contributed by atoms with E-state index in [9.17, 15) is 4.79 Å². The van der Waals surface area contributed by atoms with Crippen molar-refractivity contribution in [2.24, 2.45) is 0 Å². The zero-order valence-electron chi connectivity index (χ0n) is 10.7. The predicted octanol–water partition coefficient (Wildman–Crippen LogP) is 2.76. The lowest BCUT2D eigenvalue weighted by Gasteiger charge is -2.06. The molecule has 0 fully saturated rings. The van der Waals surface area contributed by atoms with Crippen LogP contribution in [-0.2, 0) is 11.3 Å². The summed E-state index contributed by atoms with van der Waals surface area (Å²) >= 11 is 0. The van der Waals surface area contributed by atoms with E-state index in [2.05, 4.69) is 5.32 Å². The second-order valence-electron chi connectivity index (χ2n) is 4.12. The summed E-state index contributed by atoms with van der Waals surface area (Å²) in [6, 6.07) is 13.2. The molecule has 1 amide bonds. The fraction of sp³-hybridized carbons (Fsp3) is 0.267. The summed E-state index contributed by atoms with van der Waals surface area (Å²) in [6.07, 6.45) is 2.74. The standard InChI is InChI=1S/C15H17NO3/c17-15(16-12-14-8-4-10-19-14)9-5-11-18-13-6-2-1-3-7-13/h1-4,6-8,10H,5,9,11-12H2,(H,16,17). The van der Waals surface area contributed by atoms with Crippen LogP contribution in [-0.4, -0.2) is 12.5 Å². The van der Waals surface area contributed by atoms with Gasteiger partial charge in [0, 0.05) is 6.42 Å². The van der Waals surface area contributed by atoms with E-state index in [1.165, 1.54) is 0 Å². The Bertz CT molecular complexity index is 479. The maximum Gasteiger partial charge on any atom is 0.220 e. The van der Waals surface area contributed by atoms with Gasteiger partial charge in [0.15, 0.2) is 0 Å². The lowest BCUT2D eigenvalue weighted by molar-refractivity contribution is -0.121. The number of carbonyl (C=O) groups is 1. The molecule has 1 aromatic carbocycles. The molecule has 0 aliphatic carbocycles. The number of benzene rings is 1.